The molecule has 1 N–H and O–H groups in total. The van der Waals surface area contributed by atoms with E-state index in [1.807, 2.05) is 19.9 Å². The van der Waals surface area contributed by atoms with Crippen molar-refractivity contribution in [2.24, 2.45) is 0 Å². The molecule has 2 heterocycles. The zero-order chi connectivity index (χ0) is 14.5. The molecule has 1 aliphatic heterocycles. The fourth-order valence-electron chi connectivity index (χ4n) is 2.03. The monoisotopic (exact) mass is 296 g/mol. The highest BCUT2D eigenvalue weighted by atomic mass is 32.1. The Balaban J connectivity index is 1.75. The average molecular weight is 296 g/mol. The minimum absolute atomic E-state index is 0.0761. The molecule has 0 aromatic carbocycles. The van der Waals surface area contributed by atoms with Crippen molar-refractivity contribution in [2.45, 2.75) is 20.3 Å². The lowest BCUT2D eigenvalue weighted by molar-refractivity contribution is -0.135. The summed E-state index contributed by atoms with van der Waals surface area (Å²) in [5, 5.41) is 2.80. The van der Waals surface area contributed by atoms with E-state index in [1.54, 1.807) is 4.90 Å². The van der Waals surface area contributed by atoms with E-state index in [1.165, 1.54) is 11.3 Å². The third kappa shape index (κ3) is 3.80. The minimum Gasteiger partial charge on any atom is -0.378 e. The van der Waals surface area contributed by atoms with Gasteiger partial charge in [-0.3, -0.25) is 9.59 Å². The lowest BCUT2D eigenvalue weighted by Crippen LogP contribution is -2.41. The highest BCUT2D eigenvalue weighted by Gasteiger charge is 2.17. The fraction of sp³-hybridized carbons (Fsp3) is 0.571. The van der Waals surface area contributed by atoms with Crippen LogP contribution in [0.25, 0.3) is 0 Å². The van der Waals surface area contributed by atoms with E-state index in [2.05, 4.69) is 5.32 Å². The van der Waals surface area contributed by atoms with Gasteiger partial charge in [-0.15, -0.1) is 11.3 Å². The molecule has 1 aromatic rings. The van der Waals surface area contributed by atoms with E-state index in [0.717, 1.165) is 10.4 Å². The maximum absolute atomic E-state index is 11.9. The van der Waals surface area contributed by atoms with Crippen molar-refractivity contribution < 1.29 is 14.3 Å². The summed E-state index contributed by atoms with van der Waals surface area (Å²) < 4.78 is 5.20. The highest BCUT2D eigenvalue weighted by Crippen LogP contribution is 2.20. The van der Waals surface area contributed by atoms with E-state index in [0.29, 0.717) is 44.1 Å². The van der Waals surface area contributed by atoms with Crippen molar-refractivity contribution in [2.75, 3.05) is 32.8 Å². The molecule has 0 spiro atoms. The van der Waals surface area contributed by atoms with Crippen LogP contribution in [0, 0.1) is 13.8 Å². The smallest absolute Gasteiger partial charge is 0.261 e. The Labute approximate surface area is 122 Å². The van der Waals surface area contributed by atoms with E-state index in [-0.39, 0.29) is 11.8 Å². The number of amides is 2. The first-order valence-electron chi connectivity index (χ1n) is 6.78. The van der Waals surface area contributed by atoms with Crippen LogP contribution in [0.5, 0.6) is 0 Å². The average Bonchev–Trinajstić information content (AvgIpc) is 2.79. The van der Waals surface area contributed by atoms with Crippen molar-refractivity contribution in [3.8, 4) is 0 Å². The van der Waals surface area contributed by atoms with Crippen LogP contribution in [0.1, 0.15) is 26.5 Å². The summed E-state index contributed by atoms with van der Waals surface area (Å²) in [4.78, 5) is 27.5. The minimum atomic E-state index is -0.0963. The van der Waals surface area contributed by atoms with Crippen LogP contribution in [-0.4, -0.2) is 49.6 Å². The Bertz CT molecular complexity index is 473. The van der Waals surface area contributed by atoms with Crippen molar-refractivity contribution >= 4 is 23.2 Å². The van der Waals surface area contributed by atoms with Crippen LogP contribution >= 0.6 is 11.3 Å². The normalized spacial score (nSPS) is 15.2. The Hall–Kier alpha value is -1.40. The third-order valence-corrected chi connectivity index (χ3v) is 4.53. The molecule has 5 nitrogen and oxygen atoms in total. The largest absolute Gasteiger partial charge is 0.378 e. The summed E-state index contributed by atoms with van der Waals surface area (Å²) >= 11 is 1.49. The summed E-state index contributed by atoms with van der Waals surface area (Å²) in [5.74, 6) is -0.0203. The summed E-state index contributed by atoms with van der Waals surface area (Å²) in [6.45, 7) is 6.87. The zero-order valence-electron chi connectivity index (χ0n) is 11.9. The first-order chi connectivity index (χ1) is 9.58. The maximum Gasteiger partial charge on any atom is 0.261 e. The number of carbonyl (C=O) groups excluding carboxylic acids is 2. The van der Waals surface area contributed by atoms with Crippen LogP contribution in [0.4, 0.5) is 0 Å². The number of ether oxygens (including phenoxy) is 1. The van der Waals surface area contributed by atoms with Crippen molar-refractivity contribution in [1.29, 1.82) is 0 Å². The van der Waals surface area contributed by atoms with Crippen molar-refractivity contribution in [3.63, 3.8) is 0 Å². The Morgan fingerprint density at radius 2 is 2.05 bits per heavy atom. The van der Waals surface area contributed by atoms with Gasteiger partial charge in [0.15, 0.2) is 0 Å². The second-order valence-electron chi connectivity index (χ2n) is 4.85. The Kier molecular flexibility index (Phi) is 5.14. The second kappa shape index (κ2) is 6.85. The zero-order valence-corrected chi connectivity index (χ0v) is 12.7. The van der Waals surface area contributed by atoms with Crippen molar-refractivity contribution in [1.82, 2.24) is 10.2 Å². The van der Waals surface area contributed by atoms with Gasteiger partial charge in [-0.1, -0.05) is 0 Å². The molecular formula is C14H20N2O3S. The first kappa shape index (κ1) is 15.0. The number of carbonyl (C=O) groups is 2. The van der Waals surface area contributed by atoms with Gasteiger partial charge >= 0.3 is 0 Å². The van der Waals surface area contributed by atoms with Crippen LogP contribution in [0.15, 0.2) is 6.07 Å². The van der Waals surface area contributed by atoms with Gasteiger partial charge in [-0.2, -0.15) is 0 Å². The molecule has 0 radical (unpaired) electrons. The fourth-order valence-corrected chi connectivity index (χ4v) is 2.98. The number of nitrogens with one attached hydrogen (secondary N) is 1. The molecule has 0 bridgehead atoms. The number of thiophene rings is 1. The predicted molar refractivity (Wildman–Crippen MR) is 78.1 cm³/mol. The SMILES string of the molecule is Cc1cc(C(=O)NCCC(=O)N2CCOCC2)sc1C. The number of hydrogen-bond acceptors (Lipinski definition) is 4. The standard InChI is InChI=1S/C14H20N2O3S/c1-10-9-12(20-11(10)2)14(18)15-4-3-13(17)16-5-7-19-8-6-16/h9H,3-8H2,1-2H3,(H,15,18). The van der Waals surface area contributed by atoms with E-state index in [4.69, 9.17) is 4.74 Å². The molecule has 1 aromatic heterocycles. The molecule has 1 fully saturated rings. The summed E-state index contributed by atoms with van der Waals surface area (Å²) in [5.41, 5.74) is 1.13. The van der Waals surface area contributed by atoms with Gasteiger partial charge in [0.2, 0.25) is 5.91 Å². The van der Waals surface area contributed by atoms with Gasteiger partial charge in [0, 0.05) is 30.9 Å². The molecule has 2 amide bonds. The third-order valence-electron chi connectivity index (χ3n) is 3.38. The molecule has 20 heavy (non-hydrogen) atoms. The van der Waals surface area contributed by atoms with Crippen LogP contribution in [0.2, 0.25) is 0 Å². The first-order valence-corrected chi connectivity index (χ1v) is 7.60. The number of nitrogens with zero attached hydrogens (tertiary/aromatic N) is 1. The van der Waals surface area contributed by atoms with Crippen molar-refractivity contribution in [3.05, 3.63) is 21.4 Å². The van der Waals surface area contributed by atoms with E-state index in [9.17, 15) is 9.59 Å². The molecule has 1 aliphatic rings. The van der Waals surface area contributed by atoms with Gasteiger partial charge in [-0.25, -0.2) is 0 Å². The summed E-state index contributed by atoms with van der Waals surface area (Å²) in [6.07, 6.45) is 0.342. The van der Waals surface area contributed by atoms with E-state index < -0.39 is 0 Å². The van der Waals surface area contributed by atoms with Gasteiger partial charge in [0.25, 0.3) is 5.91 Å². The second-order valence-corrected chi connectivity index (χ2v) is 6.11. The Morgan fingerprint density at radius 1 is 1.35 bits per heavy atom. The highest BCUT2D eigenvalue weighted by molar-refractivity contribution is 7.14. The molecule has 0 saturated carbocycles. The van der Waals surface area contributed by atoms with Gasteiger partial charge < -0.3 is 15.0 Å². The van der Waals surface area contributed by atoms with Gasteiger partial charge in [-0.05, 0) is 25.5 Å². The maximum atomic E-state index is 11.9. The lowest BCUT2D eigenvalue weighted by Gasteiger charge is -2.26. The van der Waals surface area contributed by atoms with Gasteiger partial charge in [0.1, 0.15) is 0 Å². The molecule has 0 unspecified atom stereocenters. The predicted octanol–water partition coefficient (Wildman–Crippen LogP) is 1.34. The molecular weight excluding hydrogens is 276 g/mol. The number of aryl methyl sites for hydroxylation is 2. The van der Waals surface area contributed by atoms with Gasteiger partial charge in [0.05, 0.1) is 18.1 Å². The quantitative estimate of drug-likeness (QED) is 0.912. The summed E-state index contributed by atoms with van der Waals surface area (Å²) in [6, 6.07) is 1.89. The molecule has 110 valence electrons. The van der Waals surface area contributed by atoms with E-state index >= 15 is 0 Å². The number of hydrogen-bond donors (Lipinski definition) is 1. The topological polar surface area (TPSA) is 58.6 Å². The molecule has 0 aliphatic carbocycles. The molecule has 1 saturated heterocycles. The molecule has 2 rings (SSSR count). The lowest BCUT2D eigenvalue weighted by atomic mass is 10.3. The Morgan fingerprint density at radius 3 is 2.65 bits per heavy atom. The summed E-state index contributed by atoms with van der Waals surface area (Å²) in [7, 11) is 0. The van der Waals surface area contributed by atoms with Crippen LogP contribution < -0.4 is 5.32 Å². The molecule has 6 heteroatoms. The van der Waals surface area contributed by atoms with Crippen LogP contribution in [-0.2, 0) is 9.53 Å². The number of rotatable bonds is 4. The number of morpholine rings is 1. The van der Waals surface area contributed by atoms with Crippen LogP contribution in [0.3, 0.4) is 0 Å². The molecule has 0 atom stereocenters.